The minimum absolute atomic E-state index is 0.139. The monoisotopic (exact) mass is 590 g/mol. The quantitative estimate of drug-likeness (QED) is 0.127. The van der Waals surface area contributed by atoms with Gasteiger partial charge in [-0.15, -0.1) is 0 Å². The van der Waals surface area contributed by atoms with Crippen molar-refractivity contribution in [2.75, 3.05) is 11.2 Å². The van der Waals surface area contributed by atoms with E-state index >= 15 is 0 Å². The Morgan fingerprint density at radius 2 is 1.41 bits per heavy atom. The van der Waals surface area contributed by atoms with Crippen molar-refractivity contribution in [2.24, 2.45) is 0 Å². The average Bonchev–Trinajstić information content (AvgIpc) is 3.52. The maximum Gasteiger partial charge on any atom is 0.328 e. The topological polar surface area (TPSA) is 116 Å². The molecular formula is C32H54N4O4S. The van der Waals surface area contributed by atoms with Crippen LogP contribution in [0.5, 0.6) is 11.8 Å². The predicted octanol–water partition coefficient (Wildman–Crippen LogP) is 6.39. The number of fused-ring (bicyclic) bond motifs is 5. The lowest BCUT2D eigenvalue weighted by Gasteiger charge is -2.46. The lowest BCUT2D eigenvalue weighted by molar-refractivity contribution is -0.137. The molecule has 5 N–H and O–H groups in total. The van der Waals surface area contributed by atoms with Gasteiger partial charge < -0.3 is 20.8 Å². The number of aromatic hydroxyl groups is 2. The maximum atomic E-state index is 12.8. The van der Waals surface area contributed by atoms with Gasteiger partial charge in [0.25, 0.3) is 0 Å². The van der Waals surface area contributed by atoms with Crippen LogP contribution in [0.3, 0.4) is 0 Å². The zero-order chi connectivity index (χ0) is 29.8. The summed E-state index contributed by atoms with van der Waals surface area (Å²) in [5, 5.41) is 28.8. The number of hydrogen-bond acceptors (Lipinski definition) is 6. The summed E-state index contributed by atoms with van der Waals surface area (Å²) < 4.78 is 1.01. The Labute approximate surface area is 251 Å². The first-order valence-corrected chi connectivity index (χ1v) is 17.2. The van der Waals surface area contributed by atoms with E-state index in [1.165, 1.54) is 64.2 Å². The molecule has 1 aromatic heterocycles. The molecule has 1 saturated heterocycles. The van der Waals surface area contributed by atoms with E-state index < -0.39 is 11.8 Å². The number of aromatic nitrogens is 1. The molecule has 1 aliphatic heterocycles. The lowest BCUT2D eigenvalue weighted by Crippen LogP contribution is -2.62. The Balaban J connectivity index is 1.24. The highest BCUT2D eigenvalue weighted by atomic mass is 32.2. The number of nitrogens with one attached hydrogen (secondary N) is 3. The summed E-state index contributed by atoms with van der Waals surface area (Å²) in [6.45, 7) is 10.6. The molecule has 232 valence electrons. The fourth-order valence-corrected chi connectivity index (χ4v) is 9.35. The normalized spacial score (nSPS) is 24.4. The largest absolute Gasteiger partial charge is 0.493 e. The first-order valence-electron chi connectivity index (χ1n) is 16.1. The van der Waals surface area contributed by atoms with E-state index in [1.807, 2.05) is 11.8 Å². The third-order valence-electron chi connectivity index (χ3n) is 9.25. The van der Waals surface area contributed by atoms with Crippen LogP contribution < -0.4 is 16.1 Å². The second-order valence-electron chi connectivity index (χ2n) is 14.1. The predicted molar refractivity (Wildman–Crippen MR) is 167 cm³/mol. The van der Waals surface area contributed by atoms with Crippen molar-refractivity contribution in [1.29, 1.82) is 0 Å². The zero-order valence-corrected chi connectivity index (χ0v) is 26.8. The van der Waals surface area contributed by atoms with E-state index in [4.69, 9.17) is 0 Å². The first-order chi connectivity index (χ1) is 19.4. The third kappa shape index (κ3) is 7.95. The molecule has 3 atom stereocenters. The van der Waals surface area contributed by atoms with Crippen LogP contribution in [0, 0.1) is 0 Å². The van der Waals surface area contributed by atoms with Crippen LogP contribution in [0.4, 0.5) is 0 Å². The summed E-state index contributed by atoms with van der Waals surface area (Å²) in [6, 6.07) is -0.152. The van der Waals surface area contributed by atoms with Gasteiger partial charge in [-0.3, -0.25) is 9.59 Å². The smallest absolute Gasteiger partial charge is 0.328 e. The molecule has 0 radical (unpaired) electrons. The number of carbonyl (C=O) groups is 2. The molecule has 1 saturated carbocycles. The fraction of sp³-hybridized carbons (Fsp3) is 0.812. The second kappa shape index (κ2) is 13.6. The van der Waals surface area contributed by atoms with Gasteiger partial charge in [-0.05, 0) is 71.5 Å². The van der Waals surface area contributed by atoms with Gasteiger partial charge in [0.1, 0.15) is 0 Å². The molecule has 3 unspecified atom stereocenters. The number of unbranched alkanes of at least 4 members (excludes halogenated alkanes) is 9. The number of rotatable bonds is 14. The Morgan fingerprint density at radius 1 is 0.854 bits per heavy atom. The van der Waals surface area contributed by atoms with Crippen molar-refractivity contribution >= 4 is 23.6 Å². The molecule has 41 heavy (non-hydrogen) atoms. The lowest BCUT2D eigenvalue weighted by atomic mass is 9.79. The van der Waals surface area contributed by atoms with E-state index in [0.717, 1.165) is 34.4 Å². The van der Waals surface area contributed by atoms with Crippen LogP contribution >= 0.6 is 11.8 Å². The van der Waals surface area contributed by atoms with E-state index in [0.29, 0.717) is 18.1 Å². The summed E-state index contributed by atoms with van der Waals surface area (Å²) >= 11 is 1.99. The zero-order valence-electron chi connectivity index (χ0n) is 26.0. The molecule has 3 aliphatic rings. The van der Waals surface area contributed by atoms with Crippen molar-refractivity contribution in [3.05, 3.63) is 11.1 Å². The molecule has 2 bridgehead atoms. The molecule has 1 aromatic rings. The van der Waals surface area contributed by atoms with Crippen molar-refractivity contribution in [3.63, 3.8) is 0 Å². The Bertz CT molecular complexity index is 1050. The van der Waals surface area contributed by atoms with Gasteiger partial charge in [0.2, 0.25) is 11.8 Å². The van der Waals surface area contributed by atoms with Gasteiger partial charge in [-0.2, -0.15) is 16.4 Å². The van der Waals surface area contributed by atoms with Gasteiger partial charge in [0.15, 0.2) is 0 Å². The van der Waals surface area contributed by atoms with E-state index in [2.05, 4.69) is 50.7 Å². The van der Waals surface area contributed by atoms with Crippen molar-refractivity contribution < 1.29 is 19.8 Å². The van der Waals surface area contributed by atoms with Crippen molar-refractivity contribution in [2.45, 2.75) is 159 Å². The standard InChI is InChI=1S/C32H54N4O4S/c1-6-7-8-9-10-11-12-13-14-15-16-41-24-18-21-17-23(24)26-25(21)29(39)36(30(26)40)34-28(38)27(37)33-22-19-31(2,3)35-32(4,5)20-22/h21-24,35,39-40H,6-20H2,1-5H3,(H,33,37)(H,34,38). The number of amides is 2. The summed E-state index contributed by atoms with van der Waals surface area (Å²) in [4.78, 5) is 25.6. The molecule has 0 spiro atoms. The molecule has 9 heteroatoms. The first kappa shape index (κ1) is 32.1. The third-order valence-corrected chi connectivity index (χ3v) is 10.7. The van der Waals surface area contributed by atoms with Gasteiger partial charge in [-0.1, -0.05) is 64.7 Å². The summed E-state index contributed by atoms with van der Waals surface area (Å²) in [7, 11) is 0. The minimum Gasteiger partial charge on any atom is -0.493 e. The SMILES string of the molecule is CCCCCCCCCCCCSC1CC2CC1c1c2c(O)n(NC(=O)C(=O)NC2CC(C)(C)NC(C)(C)C2)c1O. The van der Waals surface area contributed by atoms with Crippen LogP contribution in [-0.2, 0) is 9.59 Å². The molecule has 8 nitrogen and oxygen atoms in total. The summed E-state index contributed by atoms with van der Waals surface area (Å²) in [5.41, 5.74) is 3.61. The van der Waals surface area contributed by atoms with E-state index in [-0.39, 0.29) is 40.7 Å². The van der Waals surface area contributed by atoms with Crippen LogP contribution in [0.25, 0.3) is 0 Å². The van der Waals surface area contributed by atoms with Crippen LogP contribution in [-0.4, -0.2) is 54.8 Å². The van der Waals surface area contributed by atoms with Gasteiger partial charge in [-0.25, -0.2) is 5.43 Å². The Hall–Kier alpha value is -1.87. The van der Waals surface area contributed by atoms with E-state index in [9.17, 15) is 19.8 Å². The van der Waals surface area contributed by atoms with Gasteiger partial charge in [0, 0.05) is 39.4 Å². The van der Waals surface area contributed by atoms with E-state index in [1.54, 1.807) is 0 Å². The average molecular weight is 591 g/mol. The second-order valence-corrected chi connectivity index (χ2v) is 15.4. The highest BCUT2D eigenvalue weighted by Crippen LogP contribution is 2.62. The number of thioether (sulfide) groups is 1. The Morgan fingerprint density at radius 3 is 2.02 bits per heavy atom. The van der Waals surface area contributed by atoms with Crippen molar-refractivity contribution in [3.8, 4) is 11.8 Å². The minimum atomic E-state index is -0.891. The van der Waals surface area contributed by atoms with Crippen molar-refractivity contribution in [1.82, 2.24) is 15.3 Å². The molecule has 4 rings (SSSR count). The highest BCUT2D eigenvalue weighted by Gasteiger charge is 2.50. The van der Waals surface area contributed by atoms with Crippen LogP contribution in [0.2, 0.25) is 0 Å². The molecule has 0 aromatic carbocycles. The van der Waals surface area contributed by atoms with Crippen LogP contribution in [0.1, 0.15) is 147 Å². The molecule has 2 aliphatic carbocycles. The molecule has 2 fully saturated rings. The fourth-order valence-electron chi connectivity index (χ4n) is 7.83. The summed E-state index contributed by atoms with van der Waals surface area (Å²) in [6.07, 6.45) is 16.6. The number of carbonyl (C=O) groups excluding carboxylic acids is 2. The van der Waals surface area contributed by atoms with Gasteiger partial charge >= 0.3 is 11.8 Å². The summed E-state index contributed by atoms with van der Waals surface area (Å²) in [5.74, 6) is -0.471. The van der Waals surface area contributed by atoms with Gasteiger partial charge in [0.05, 0.1) is 0 Å². The highest BCUT2D eigenvalue weighted by molar-refractivity contribution is 7.99. The van der Waals surface area contributed by atoms with Crippen LogP contribution in [0.15, 0.2) is 0 Å². The molecule has 2 amide bonds. The molecule has 2 heterocycles. The Kier molecular flexibility index (Phi) is 10.6. The maximum absolute atomic E-state index is 12.8. The number of nitrogens with zero attached hydrogens (tertiary/aromatic N) is 1. The molecular weight excluding hydrogens is 536 g/mol. The number of piperidine rings is 1. The number of hydrogen-bond donors (Lipinski definition) is 5.